The van der Waals surface area contributed by atoms with Gasteiger partial charge in [0.2, 0.25) is 5.91 Å². The molecule has 2 heterocycles. The fraction of sp³-hybridized carbons (Fsp3) is 0.706. The molecular formula is C17H25N3O3. The van der Waals surface area contributed by atoms with Crippen molar-refractivity contribution in [3.63, 3.8) is 0 Å². The predicted octanol–water partition coefficient (Wildman–Crippen LogP) is 1.63. The lowest BCUT2D eigenvalue weighted by Gasteiger charge is -2.39. The Kier molecular flexibility index (Phi) is 4.04. The molecule has 1 aromatic heterocycles. The van der Waals surface area contributed by atoms with Crippen molar-refractivity contribution in [3.05, 3.63) is 17.5 Å². The third-order valence-electron chi connectivity index (χ3n) is 4.79. The van der Waals surface area contributed by atoms with Crippen molar-refractivity contribution >= 4 is 5.91 Å². The number of nitrogens with zero attached hydrogens (tertiary/aromatic N) is 3. The molecule has 2 fully saturated rings. The minimum atomic E-state index is -1.03. The lowest BCUT2D eigenvalue weighted by Crippen LogP contribution is -2.54. The molecule has 1 N–H and O–H groups in total. The molecule has 1 aliphatic carbocycles. The van der Waals surface area contributed by atoms with Crippen molar-refractivity contribution in [1.29, 1.82) is 0 Å². The van der Waals surface area contributed by atoms with Crippen molar-refractivity contribution in [2.45, 2.75) is 52.1 Å². The molecule has 0 spiro atoms. The molecular weight excluding hydrogens is 294 g/mol. The molecule has 126 valence electrons. The maximum atomic E-state index is 12.5. The van der Waals surface area contributed by atoms with Gasteiger partial charge in [-0.3, -0.25) is 4.79 Å². The Bertz CT molecular complexity index is 595. The summed E-state index contributed by atoms with van der Waals surface area (Å²) in [6.07, 6.45) is 3.31. The highest BCUT2D eigenvalue weighted by Gasteiger charge is 2.49. The van der Waals surface area contributed by atoms with Gasteiger partial charge in [0.15, 0.2) is 0 Å². The van der Waals surface area contributed by atoms with Gasteiger partial charge in [-0.1, -0.05) is 6.92 Å². The minimum absolute atomic E-state index is 0.108. The van der Waals surface area contributed by atoms with E-state index in [1.807, 2.05) is 26.8 Å². The van der Waals surface area contributed by atoms with E-state index in [1.54, 1.807) is 4.90 Å². The highest BCUT2D eigenvalue weighted by Crippen LogP contribution is 2.47. The van der Waals surface area contributed by atoms with Crippen LogP contribution >= 0.6 is 0 Å². The number of aryl methyl sites for hydroxylation is 2. The number of likely N-dealkylation sites (tertiary alicyclic amines) is 1. The smallest absolute Gasteiger partial charge is 0.316 e. The van der Waals surface area contributed by atoms with Gasteiger partial charge < -0.3 is 14.7 Å². The summed E-state index contributed by atoms with van der Waals surface area (Å²) in [6, 6.07) is 2.16. The first-order valence-electron chi connectivity index (χ1n) is 8.27. The van der Waals surface area contributed by atoms with Crippen molar-refractivity contribution in [3.8, 4) is 6.01 Å². The summed E-state index contributed by atoms with van der Waals surface area (Å²) in [4.78, 5) is 22.7. The van der Waals surface area contributed by atoms with Crippen LogP contribution in [-0.2, 0) is 4.79 Å². The number of aromatic nitrogens is 2. The number of hydrogen-bond donors (Lipinski definition) is 1. The number of amides is 1. The number of aliphatic hydroxyl groups is 1. The zero-order valence-corrected chi connectivity index (χ0v) is 14.1. The highest BCUT2D eigenvalue weighted by molar-refractivity contribution is 5.85. The largest absolute Gasteiger partial charge is 0.460 e. The Hall–Kier alpha value is -1.69. The van der Waals surface area contributed by atoms with Gasteiger partial charge in [0.1, 0.15) is 12.2 Å². The van der Waals surface area contributed by atoms with Gasteiger partial charge in [-0.05, 0) is 45.6 Å². The molecule has 1 aliphatic heterocycles. The predicted molar refractivity (Wildman–Crippen MR) is 85.1 cm³/mol. The first kappa shape index (κ1) is 16.2. The average Bonchev–Trinajstić information content (AvgIpc) is 3.23. The molecule has 0 radical (unpaired) electrons. The Morgan fingerprint density at radius 1 is 1.30 bits per heavy atom. The second-order valence-corrected chi connectivity index (χ2v) is 7.34. The second-order valence-electron chi connectivity index (χ2n) is 7.34. The summed E-state index contributed by atoms with van der Waals surface area (Å²) in [5.74, 6) is 0.165. The van der Waals surface area contributed by atoms with E-state index in [4.69, 9.17) is 4.74 Å². The van der Waals surface area contributed by atoms with Crippen LogP contribution in [0.15, 0.2) is 6.07 Å². The van der Waals surface area contributed by atoms with E-state index in [1.165, 1.54) is 0 Å². The number of β-amino-alcohol motifs (C(OH)–C–C–N with tert-alkyl or cyclic N) is 1. The minimum Gasteiger partial charge on any atom is -0.460 e. The van der Waals surface area contributed by atoms with E-state index < -0.39 is 5.60 Å². The molecule has 6 heteroatoms. The van der Waals surface area contributed by atoms with Crippen molar-refractivity contribution in [2.24, 2.45) is 5.41 Å². The molecule has 1 saturated carbocycles. The van der Waals surface area contributed by atoms with Crippen molar-refractivity contribution in [1.82, 2.24) is 14.9 Å². The van der Waals surface area contributed by atoms with Crippen LogP contribution in [-0.4, -0.2) is 51.2 Å². The number of carbonyl (C=O) groups excluding carboxylic acids is 1. The van der Waals surface area contributed by atoms with E-state index >= 15 is 0 Å². The first-order chi connectivity index (χ1) is 10.8. The molecule has 1 aromatic rings. The van der Waals surface area contributed by atoms with Crippen LogP contribution in [0.2, 0.25) is 0 Å². The SMILES string of the molecule is Cc1cc(C)nc(OCC2(O)CCCN(C(=O)C3(C)CC3)C2)n1. The zero-order valence-electron chi connectivity index (χ0n) is 14.1. The Labute approximate surface area is 136 Å². The summed E-state index contributed by atoms with van der Waals surface area (Å²) in [7, 11) is 0. The highest BCUT2D eigenvalue weighted by atomic mass is 16.5. The molecule has 1 saturated heterocycles. The van der Waals surface area contributed by atoms with E-state index in [-0.39, 0.29) is 23.9 Å². The Morgan fingerprint density at radius 2 is 1.96 bits per heavy atom. The molecule has 3 rings (SSSR count). The summed E-state index contributed by atoms with van der Waals surface area (Å²) in [5, 5.41) is 10.8. The van der Waals surface area contributed by atoms with Crippen LogP contribution in [0.1, 0.15) is 44.0 Å². The van der Waals surface area contributed by atoms with Crippen molar-refractivity contribution in [2.75, 3.05) is 19.7 Å². The van der Waals surface area contributed by atoms with E-state index in [0.29, 0.717) is 13.0 Å². The lowest BCUT2D eigenvalue weighted by molar-refractivity contribution is -0.145. The van der Waals surface area contributed by atoms with Crippen LogP contribution in [0.5, 0.6) is 6.01 Å². The third-order valence-corrected chi connectivity index (χ3v) is 4.79. The van der Waals surface area contributed by atoms with Gasteiger partial charge in [0.25, 0.3) is 0 Å². The van der Waals surface area contributed by atoms with Gasteiger partial charge in [0.05, 0.1) is 6.54 Å². The topological polar surface area (TPSA) is 75.6 Å². The number of hydrogen-bond acceptors (Lipinski definition) is 5. The van der Waals surface area contributed by atoms with Crippen LogP contribution in [0, 0.1) is 19.3 Å². The van der Waals surface area contributed by atoms with E-state index in [9.17, 15) is 9.90 Å². The van der Waals surface area contributed by atoms with Gasteiger partial charge in [-0.25, -0.2) is 9.97 Å². The maximum Gasteiger partial charge on any atom is 0.316 e. The number of rotatable bonds is 4. The van der Waals surface area contributed by atoms with Gasteiger partial charge in [-0.15, -0.1) is 0 Å². The van der Waals surface area contributed by atoms with E-state index in [0.717, 1.165) is 37.2 Å². The summed E-state index contributed by atoms with van der Waals surface area (Å²) >= 11 is 0. The Balaban J connectivity index is 1.63. The fourth-order valence-electron chi connectivity index (χ4n) is 3.14. The monoisotopic (exact) mass is 319 g/mol. The van der Waals surface area contributed by atoms with Crippen LogP contribution in [0.25, 0.3) is 0 Å². The molecule has 1 amide bonds. The van der Waals surface area contributed by atoms with Gasteiger partial charge in [-0.2, -0.15) is 0 Å². The zero-order chi connectivity index (χ0) is 16.7. The molecule has 0 bridgehead atoms. The van der Waals surface area contributed by atoms with E-state index in [2.05, 4.69) is 9.97 Å². The third kappa shape index (κ3) is 3.63. The second kappa shape index (κ2) is 5.74. The number of carbonyl (C=O) groups is 1. The molecule has 23 heavy (non-hydrogen) atoms. The van der Waals surface area contributed by atoms with Crippen LogP contribution in [0.3, 0.4) is 0 Å². The fourth-order valence-corrected chi connectivity index (χ4v) is 3.14. The number of ether oxygens (including phenoxy) is 1. The molecule has 0 aromatic carbocycles. The van der Waals surface area contributed by atoms with Crippen LogP contribution in [0.4, 0.5) is 0 Å². The lowest BCUT2D eigenvalue weighted by atomic mass is 9.92. The van der Waals surface area contributed by atoms with Gasteiger partial charge in [0, 0.05) is 23.3 Å². The summed E-state index contributed by atoms with van der Waals surface area (Å²) in [6.45, 7) is 6.92. The Morgan fingerprint density at radius 3 is 2.57 bits per heavy atom. The average molecular weight is 319 g/mol. The summed E-state index contributed by atoms with van der Waals surface area (Å²) < 4.78 is 5.63. The normalized spacial score (nSPS) is 26.0. The van der Waals surface area contributed by atoms with Crippen molar-refractivity contribution < 1.29 is 14.6 Å². The summed E-state index contributed by atoms with van der Waals surface area (Å²) in [5.41, 5.74) is 0.443. The molecule has 1 atom stereocenters. The van der Waals surface area contributed by atoms with Gasteiger partial charge >= 0.3 is 6.01 Å². The maximum absolute atomic E-state index is 12.5. The standard InChI is InChI=1S/C17H25N3O3/c1-12-9-13(2)19-15(18-12)23-11-17(22)5-4-8-20(10-17)14(21)16(3)6-7-16/h9,22H,4-8,10-11H2,1-3H3. The van der Waals surface area contributed by atoms with Crippen LogP contribution < -0.4 is 4.74 Å². The molecule has 1 unspecified atom stereocenters. The quantitative estimate of drug-likeness (QED) is 0.913. The number of piperidine rings is 1. The molecule has 2 aliphatic rings. The first-order valence-corrected chi connectivity index (χ1v) is 8.27. The molecule has 6 nitrogen and oxygen atoms in total.